The predicted octanol–water partition coefficient (Wildman–Crippen LogP) is 4.39. The van der Waals surface area contributed by atoms with Crippen molar-refractivity contribution in [1.82, 2.24) is 5.32 Å². The van der Waals surface area contributed by atoms with E-state index in [2.05, 4.69) is 48.6 Å². The molecule has 0 unspecified atom stereocenters. The van der Waals surface area contributed by atoms with Crippen LogP contribution in [-0.2, 0) is 15.1 Å². The number of benzene rings is 3. The Kier molecular flexibility index (Phi) is 7.10. The number of morpholine rings is 1. The molecule has 3 aromatic rings. The van der Waals surface area contributed by atoms with Crippen molar-refractivity contribution in [3.05, 3.63) is 95.6 Å². The van der Waals surface area contributed by atoms with Crippen molar-refractivity contribution in [3.63, 3.8) is 0 Å². The van der Waals surface area contributed by atoms with Crippen LogP contribution in [0.2, 0.25) is 0 Å². The van der Waals surface area contributed by atoms with E-state index < -0.39 is 5.60 Å². The van der Waals surface area contributed by atoms with E-state index in [4.69, 9.17) is 18.9 Å². The van der Waals surface area contributed by atoms with Crippen molar-refractivity contribution in [2.24, 2.45) is 0 Å². The second-order valence-electron chi connectivity index (χ2n) is 8.04. The van der Waals surface area contributed by atoms with Crippen LogP contribution in [0.25, 0.3) is 0 Å². The second kappa shape index (κ2) is 10.2. The maximum absolute atomic E-state index is 6.88. The molecule has 0 bridgehead atoms. The maximum Gasteiger partial charge on any atom is 0.143 e. The van der Waals surface area contributed by atoms with Gasteiger partial charge in [-0.3, -0.25) is 0 Å². The zero-order valence-corrected chi connectivity index (χ0v) is 18.9. The molecule has 32 heavy (non-hydrogen) atoms. The van der Waals surface area contributed by atoms with Gasteiger partial charge < -0.3 is 24.3 Å². The van der Waals surface area contributed by atoms with Crippen molar-refractivity contribution in [2.45, 2.75) is 24.7 Å². The molecule has 0 aromatic heterocycles. The van der Waals surface area contributed by atoms with Gasteiger partial charge in [0.15, 0.2) is 0 Å². The summed E-state index contributed by atoms with van der Waals surface area (Å²) in [5, 5.41) is 3.43. The van der Waals surface area contributed by atoms with Crippen LogP contribution >= 0.6 is 0 Å². The Balaban J connectivity index is 1.82. The van der Waals surface area contributed by atoms with Gasteiger partial charge in [-0.15, -0.1) is 0 Å². The van der Waals surface area contributed by atoms with E-state index in [9.17, 15) is 0 Å². The summed E-state index contributed by atoms with van der Waals surface area (Å²) in [5.41, 5.74) is 2.27. The van der Waals surface area contributed by atoms with Crippen molar-refractivity contribution < 1.29 is 18.9 Å². The number of hydrogen-bond donors (Lipinski definition) is 1. The van der Waals surface area contributed by atoms with E-state index in [-0.39, 0.29) is 12.2 Å². The molecule has 1 saturated heterocycles. The minimum Gasteiger partial charge on any atom is -0.497 e. The van der Waals surface area contributed by atoms with Gasteiger partial charge in [0.2, 0.25) is 0 Å². The third kappa shape index (κ3) is 4.65. The van der Waals surface area contributed by atoms with Crippen LogP contribution in [0.5, 0.6) is 11.5 Å². The number of methoxy groups -OCH3 is 2. The summed E-state index contributed by atoms with van der Waals surface area (Å²) in [6.45, 7) is 4.15. The highest BCUT2D eigenvalue weighted by atomic mass is 16.6. The minimum absolute atomic E-state index is 0.0293. The Bertz CT molecular complexity index is 925. The van der Waals surface area contributed by atoms with Crippen LogP contribution in [0.1, 0.15) is 23.6 Å². The topological polar surface area (TPSA) is 49.0 Å². The SMILES string of the molecule is COc1ccc(C(OC[C@@H]2CNC[C@H](C)O2)(c2ccccc2)c2ccc(OC)cc2)cc1. The molecule has 1 aliphatic heterocycles. The number of hydrogen-bond acceptors (Lipinski definition) is 5. The van der Waals surface area contributed by atoms with Crippen molar-refractivity contribution in [2.75, 3.05) is 33.9 Å². The molecule has 5 heteroatoms. The van der Waals surface area contributed by atoms with Gasteiger partial charge in [-0.1, -0.05) is 54.6 Å². The van der Waals surface area contributed by atoms with Crippen LogP contribution in [0.4, 0.5) is 0 Å². The fourth-order valence-corrected chi connectivity index (χ4v) is 4.26. The Hall–Kier alpha value is -2.86. The van der Waals surface area contributed by atoms with Gasteiger partial charge in [0, 0.05) is 13.1 Å². The molecule has 0 spiro atoms. The minimum atomic E-state index is -0.816. The molecule has 5 nitrogen and oxygen atoms in total. The Labute approximate surface area is 190 Å². The van der Waals surface area contributed by atoms with E-state index in [1.54, 1.807) is 14.2 Å². The van der Waals surface area contributed by atoms with Gasteiger partial charge in [0.05, 0.1) is 33.0 Å². The fourth-order valence-electron chi connectivity index (χ4n) is 4.26. The highest BCUT2D eigenvalue weighted by molar-refractivity contribution is 5.49. The molecule has 4 rings (SSSR count). The Morgan fingerprint density at radius 1 is 0.781 bits per heavy atom. The molecule has 0 aliphatic carbocycles. The first-order valence-corrected chi connectivity index (χ1v) is 11.0. The number of nitrogens with one attached hydrogen (secondary N) is 1. The zero-order valence-electron chi connectivity index (χ0n) is 18.9. The maximum atomic E-state index is 6.88. The lowest BCUT2D eigenvalue weighted by molar-refractivity contribution is -0.0978. The monoisotopic (exact) mass is 433 g/mol. The van der Waals surface area contributed by atoms with Crippen molar-refractivity contribution in [1.29, 1.82) is 0 Å². The summed E-state index contributed by atoms with van der Waals surface area (Å²) in [6.07, 6.45) is 0.129. The quantitative estimate of drug-likeness (QED) is 0.534. The number of ether oxygens (including phenoxy) is 4. The average Bonchev–Trinajstić information content (AvgIpc) is 2.86. The summed E-state index contributed by atoms with van der Waals surface area (Å²) in [5.74, 6) is 1.61. The molecule has 3 aromatic carbocycles. The molecule has 2 atom stereocenters. The van der Waals surface area contributed by atoms with Gasteiger partial charge in [0.1, 0.15) is 17.1 Å². The molecule has 168 valence electrons. The molecule has 1 fully saturated rings. The van der Waals surface area contributed by atoms with Crippen LogP contribution in [0, 0.1) is 0 Å². The largest absolute Gasteiger partial charge is 0.497 e. The Morgan fingerprint density at radius 3 is 1.81 bits per heavy atom. The highest BCUT2D eigenvalue weighted by Crippen LogP contribution is 2.41. The lowest BCUT2D eigenvalue weighted by Crippen LogP contribution is -2.47. The van der Waals surface area contributed by atoms with Gasteiger partial charge in [-0.05, 0) is 47.9 Å². The molecule has 0 saturated carbocycles. The van der Waals surface area contributed by atoms with E-state index in [1.165, 1.54) is 0 Å². The average molecular weight is 434 g/mol. The highest BCUT2D eigenvalue weighted by Gasteiger charge is 2.39. The molecule has 1 N–H and O–H groups in total. The standard InChI is InChI=1S/C27H31NO4/c1-20-17-28-18-26(32-20)19-31-27(21-7-5-4-6-8-21,22-9-13-24(29-2)14-10-22)23-11-15-25(30-3)16-12-23/h4-16,20,26,28H,17-19H2,1-3H3/t20-,26-/m0/s1. The van der Waals surface area contributed by atoms with Crippen molar-refractivity contribution >= 4 is 0 Å². The van der Waals surface area contributed by atoms with Gasteiger partial charge in [-0.25, -0.2) is 0 Å². The van der Waals surface area contributed by atoms with Crippen LogP contribution in [0.15, 0.2) is 78.9 Å². The smallest absolute Gasteiger partial charge is 0.143 e. The van der Waals surface area contributed by atoms with Crippen LogP contribution < -0.4 is 14.8 Å². The Morgan fingerprint density at radius 2 is 1.31 bits per heavy atom. The second-order valence-corrected chi connectivity index (χ2v) is 8.04. The van der Waals surface area contributed by atoms with E-state index in [1.807, 2.05) is 42.5 Å². The first kappa shape index (κ1) is 22.3. The molecular weight excluding hydrogens is 402 g/mol. The molecule has 1 heterocycles. The third-order valence-corrected chi connectivity index (χ3v) is 5.89. The normalized spacial score (nSPS) is 18.8. The van der Waals surface area contributed by atoms with Gasteiger partial charge in [-0.2, -0.15) is 0 Å². The first-order valence-electron chi connectivity index (χ1n) is 11.0. The third-order valence-electron chi connectivity index (χ3n) is 5.89. The predicted molar refractivity (Wildman–Crippen MR) is 125 cm³/mol. The molecule has 0 radical (unpaired) electrons. The summed E-state index contributed by atoms with van der Waals surface area (Å²) in [7, 11) is 3.35. The molecular formula is C27H31NO4. The van der Waals surface area contributed by atoms with E-state index >= 15 is 0 Å². The van der Waals surface area contributed by atoms with E-state index in [0.717, 1.165) is 41.3 Å². The van der Waals surface area contributed by atoms with Crippen molar-refractivity contribution in [3.8, 4) is 11.5 Å². The summed E-state index contributed by atoms with van der Waals surface area (Å²) >= 11 is 0. The zero-order chi connectivity index (χ0) is 22.4. The van der Waals surface area contributed by atoms with Gasteiger partial charge >= 0.3 is 0 Å². The lowest BCUT2D eigenvalue weighted by Gasteiger charge is -2.38. The molecule has 0 amide bonds. The van der Waals surface area contributed by atoms with Crippen LogP contribution in [-0.4, -0.2) is 46.1 Å². The summed E-state index contributed by atoms with van der Waals surface area (Å²) in [6, 6.07) is 26.5. The first-order chi connectivity index (χ1) is 15.7. The van der Waals surface area contributed by atoms with E-state index in [0.29, 0.717) is 6.61 Å². The fraction of sp³-hybridized carbons (Fsp3) is 0.333. The summed E-state index contributed by atoms with van der Waals surface area (Å²) in [4.78, 5) is 0. The lowest BCUT2D eigenvalue weighted by atomic mass is 9.80. The number of rotatable bonds is 8. The van der Waals surface area contributed by atoms with Crippen LogP contribution in [0.3, 0.4) is 0 Å². The summed E-state index contributed by atoms with van der Waals surface area (Å²) < 4.78 is 23.8. The van der Waals surface area contributed by atoms with Gasteiger partial charge in [0.25, 0.3) is 0 Å². The molecule has 1 aliphatic rings.